The third-order valence-corrected chi connectivity index (χ3v) is 3.92. The molecule has 0 spiro atoms. The molecule has 0 aromatic carbocycles. The van der Waals surface area contributed by atoms with E-state index in [0.717, 1.165) is 29.7 Å². The molecule has 1 unspecified atom stereocenters. The normalized spacial score (nSPS) is 12.8. The van der Waals surface area contributed by atoms with E-state index in [-0.39, 0.29) is 11.9 Å². The highest BCUT2D eigenvalue weighted by molar-refractivity contribution is 9.10. The number of amides is 1. The number of nitrogens with zero attached hydrogens (tertiary/aromatic N) is 2. The van der Waals surface area contributed by atoms with Gasteiger partial charge in [-0.2, -0.15) is 0 Å². The molecule has 0 bridgehead atoms. The largest absolute Gasteiger partial charge is 0.340 e. The van der Waals surface area contributed by atoms with Crippen LogP contribution in [0.1, 0.15) is 57.6 Å². The summed E-state index contributed by atoms with van der Waals surface area (Å²) in [5, 5.41) is 0. The Bertz CT molecular complexity index is 426. The van der Waals surface area contributed by atoms with Crippen LogP contribution in [-0.4, -0.2) is 28.5 Å². The minimum absolute atomic E-state index is 0.127. The Morgan fingerprint density at radius 2 is 2.00 bits per heavy atom. The molecule has 3 nitrogen and oxygen atoms in total. The number of rotatable bonds is 6. The molecule has 0 saturated carbocycles. The molecular formula is C15H25BrN2O. The highest BCUT2D eigenvalue weighted by atomic mass is 79.9. The summed E-state index contributed by atoms with van der Waals surface area (Å²) in [5.74, 6) is 0.664. The van der Waals surface area contributed by atoms with Crippen LogP contribution in [-0.2, 0) is 0 Å². The van der Waals surface area contributed by atoms with E-state index < -0.39 is 0 Å². The molecule has 1 heterocycles. The average Bonchev–Trinajstić information content (AvgIpc) is 2.77. The second kappa shape index (κ2) is 7.13. The number of aromatic nitrogens is 1. The molecule has 19 heavy (non-hydrogen) atoms. The predicted molar refractivity (Wildman–Crippen MR) is 83.5 cm³/mol. The minimum Gasteiger partial charge on any atom is -0.340 e. The number of carbonyl (C=O) groups is 1. The lowest BCUT2D eigenvalue weighted by molar-refractivity contribution is 0.0728. The molecule has 0 saturated heterocycles. The first-order chi connectivity index (χ1) is 8.90. The van der Waals surface area contributed by atoms with Crippen molar-refractivity contribution in [3.8, 4) is 0 Å². The molecule has 1 atom stereocenters. The van der Waals surface area contributed by atoms with Crippen molar-refractivity contribution < 1.29 is 4.79 Å². The smallest absolute Gasteiger partial charge is 0.270 e. The lowest BCUT2D eigenvalue weighted by Crippen LogP contribution is -2.35. The highest BCUT2D eigenvalue weighted by Crippen LogP contribution is 2.21. The molecule has 1 amide bonds. The van der Waals surface area contributed by atoms with Crippen molar-refractivity contribution in [2.75, 3.05) is 13.1 Å². The maximum atomic E-state index is 12.7. The van der Waals surface area contributed by atoms with Gasteiger partial charge in [0.1, 0.15) is 5.69 Å². The Balaban J connectivity index is 2.97. The Morgan fingerprint density at radius 1 is 1.37 bits per heavy atom. The molecule has 1 aromatic rings. The van der Waals surface area contributed by atoms with E-state index in [9.17, 15) is 4.79 Å². The number of hydrogen-bond acceptors (Lipinski definition) is 1. The van der Waals surface area contributed by atoms with Crippen LogP contribution >= 0.6 is 15.9 Å². The van der Waals surface area contributed by atoms with Gasteiger partial charge in [-0.15, -0.1) is 0 Å². The van der Waals surface area contributed by atoms with Crippen molar-refractivity contribution in [2.45, 2.75) is 47.1 Å². The number of halogens is 1. The third-order valence-electron chi connectivity index (χ3n) is 3.49. The summed E-state index contributed by atoms with van der Waals surface area (Å²) >= 11 is 3.46. The van der Waals surface area contributed by atoms with Gasteiger partial charge in [0.15, 0.2) is 0 Å². The summed E-state index contributed by atoms with van der Waals surface area (Å²) in [4.78, 5) is 14.6. The summed E-state index contributed by atoms with van der Waals surface area (Å²) < 4.78 is 3.00. The lowest BCUT2D eigenvalue weighted by Gasteiger charge is -2.25. The Morgan fingerprint density at radius 3 is 2.47 bits per heavy atom. The predicted octanol–water partition coefficient (Wildman–Crippen LogP) is 4.34. The molecule has 4 heteroatoms. The van der Waals surface area contributed by atoms with E-state index in [0.29, 0.717) is 5.92 Å². The molecule has 1 rings (SSSR count). The molecule has 0 aliphatic rings. The van der Waals surface area contributed by atoms with Gasteiger partial charge in [0.2, 0.25) is 0 Å². The Kier molecular flexibility index (Phi) is 6.11. The summed E-state index contributed by atoms with van der Waals surface area (Å²) in [6, 6.07) is 2.20. The van der Waals surface area contributed by atoms with E-state index in [4.69, 9.17) is 0 Å². The van der Waals surface area contributed by atoms with Crippen LogP contribution < -0.4 is 0 Å². The maximum Gasteiger partial charge on any atom is 0.270 e. The molecule has 1 aromatic heterocycles. The quantitative estimate of drug-likeness (QED) is 0.762. The fraction of sp³-hybridized carbons (Fsp3) is 0.667. The van der Waals surface area contributed by atoms with Gasteiger partial charge in [-0.05, 0) is 48.7 Å². The zero-order valence-electron chi connectivity index (χ0n) is 12.6. The summed E-state index contributed by atoms with van der Waals surface area (Å²) in [6.45, 7) is 12.2. The van der Waals surface area contributed by atoms with E-state index >= 15 is 0 Å². The first-order valence-electron chi connectivity index (χ1n) is 7.07. The topological polar surface area (TPSA) is 25.2 Å². The van der Waals surface area contributed by atoms with Gasteiger partial charge in [0.25, 0.3) is 5.91 Å². The SMILES string of the molecule is CCC(C)CN(CC)C(=O)c1cc(Br)cn1C(C)C. The zero-order chi connectivity index (χ0) is 14.6. The maximum absolute atomic E-state index is 12.7. The average molecular weight is 329 g/mol. The summed E-state index contributed by atoms with van der Waals surface area (Å²) in [5.41, 5.74) is 0.770. The van der Waals surface area contributed by atoms with Crippen molar-refractivity contribution in [3.63, 3.8) is 0 Å². The fourth-order valence-corrected chi connectivity index (χ4v) is 2.50. The second-order valence-corrected chi connectivity index (χ2v) is 6.32. The van der Waals surface area contributed by atoms with E-state index in [1.807, 2.05) is 28.7 Å². The molecule has 108 valence electrons. The van der Waals surface area contributed by atoms with Crippen LogP contribution in [0.2, 0.25) is 0 Å². The van der Waals surface area contributed by atoms with Crippen LogP contribution in [0.3, 0.4) is 0 Å². The van der Waals surface area contributed by atoms with Crippen LogP contribution in [0.4, 0.5) is 0 Å². The van der Waals surface area contributed by atoms with Gasteiger partial charge in [0.05, 0.1) is 0 Å². The van der Waals surface area contributed by atoms with Gasteiger partial charge in [-0.25, -0.2) is 0 Å². The van der Waals surface area contributed by atoms with Crippen molar-refractivity contribution in [1.29, 1.82) is 0 Å². The first kappa shape index (κ1) is 16.3. The third kappa shape index (κ3) is 4.10. The Hall–Kier alpha value is -0.770. The van der Waals surface area contributed by atoms with Crippen molar-refractivity contribution in [3.05, 3.63) is 22.4 Å². The van der Waals surface area contributed by atoms with Gasteiger partial charge in [0, 0.05) is 29.8 Å². The summed E-state index contributed by atoms with van der Waals surface area (Å²) in [6.07, 6.45) is 3.08. The minimum atomic E-state index is 0.127. The molecule has 0 aliphatic carbocycles. The number of hydrogen-bond donors (Lipinski definition) is 0. The van der Waals surface area contributed by atoms with Gasteiger partial charge in [-0.3, -0.25) is 4.79 Å². The molecule has 0 aliphatic heterocycles. The van der Waals surface area contributed by atoms with Crippen molar-refractivity contribution in [1.82, 2.24) is 9.47 Å². The van der Waals surface area contributed by atoms with E-state index in [1.165, 1.54) is 0 Å². The fourth-order valence-electron chi connectivity index (χ4n) is 2.07. The van der Waals surface area contributed by atoms with E-state index in [1.54, 1.807) is 0 Å². The molecule has 0 fully saturated rings. The molecule has 0 N–H and O–H groups in total. The summed E-state index contributed by atoms with van der Waals surface area (Å²) in [7, 11) is 0. The van der Waals surface area contributed by atoms with E-state index in [2.05, 4.69) is 43.6 Å². The standard InChI is InChI=1S/C15H25BrN2O/c1-6-12(5)9-17(7-2)15(19)14-8-13(16)10-18(14)11(3)4/h8,10-12H,6-7,9H2,1-5H3. The Labute approximate surface area is 125 Å². The molecule has 0 radical (unpaired) electrons. The van der Waals surface area contributed by atoms with Crippen LogP contribution in [0.25, 0.3) is 0 Å². The van der Waals surface area contributed by atoms with Crippen LogP contribution in [0.5, 0.6) is 0 Å². The van der Waals surface area contributed by atoms with Crippen LogP contribution in [0.15, 0.2) is 16.7 Å². The van der Waals surface area contributed by atoms with Gasteiger partial charge < -0.3 is 9.47 Å². The highest BCUT2D eigenvalue weighted by Gasteiger charge is 2.21. The number of carbonyl (C=O) groups excluding carboxylic acids is 1. The van der Waals surface area contributed by atoms with Crippen LogP contribution in [0, 0.1) is 5.92 Å². The first-order valence-corrected chi connectivity index (χ1v) is 7.86. The second-order valence-electron chi connectivity index (χ2n) is 5.40. The van der Waals surface area contributed by atoms with Gasteiger partial charge >= 0.3 is 0 Å². The monoisotopic (exact) mass is 328 g/mol. The lowest BCUT2D eigenvalue weighted by atomic mass is 10.1. The van der Waals surface area contributed by atoms with Crippen molar-refractivity contribution >= 4 is 21.8 Å². The molecular weight excluding hydrogens is 304 g/mol. The van der Waals surface area contributed by atoms with Gasteiger partial charge in [-0.1, -0.05) is 20.3 Å². The zero-order valence-corrected chi connectivity index (χ0v) is 14.2. The van der Waals surface area contributed by atoms with Crippen molar-refractivity contribution in [2.24, 2.45) is 5.92 Å².